The van der Waals surface area contributed by atoms with Crippen molar-refractivity contribution in [1.82, 2.24) is 5.32 Å². The Kier molecular flexibility index (Phi) is 5.08. The fourth-order valence-corrected chi connectivity index (χ4v) is 3.45. The number of nitrogens with one attached hydrogen (secondary N) is 1. The third-order valence-corrected chi connectivity index (χ3v) is 4.83. The summed E-state index contributed by atoms with van der Waals surface area (Å²) in [6.45, 7) is 0. The zero-order valence-corrected chi connectivity index (χ0v) is 13.7. The van der Waals surface area contributed by atoms with Gasteiger partial charge in [-0.05, 0) is 36.8 Å². The fourth-order valence-electron chi connectivity index (χ4n) is 3.45. The van der Waals surface area contributed by atoms with Gasteiger partial charge in [-0.1, -0.05) is 12.1 Å². The monoisotopic (exact) mass is 345 g/mol. The summed E-state index contributed by atoms with van der Waals surface area (Å²) in [7, 11) is -1.30. The van der Waals surface area contributed by atoms with Crippen molar-refractivity contribution in [2.24, 2.45) is 5.92 Å². The van der Waals surface area contributed by atoms with Gasteiger partial charge in [-0.3, -0.25) is 9.59 Å². The number of hydrogen-bond donors (Lipinski definition) is 3. The van der Waals surface area contributed by atoms with Crippen molar-refractivity contribution < 1.29 is 29.2 Å². The average Bonchev–Trinajstić information content (AvgIpc) is 2.57. The fraction of sp³-hybridized carbons (Fsp3) is 0.471. The van der Waals surface area contributed by atoms with Gasteiger partial charge in [0.2, 0.25) is 5.91 Å². The van der Waals surface area contributed by atoms with Crippen LogP contribution in [-0.2, 0) is 16.0 Å². The van der Waals surface area contributed by atoms with E-state index in [0.29, 0.717) is 31.2 Å². The number of para-hydroxylation sites is 1. The van der Waals surface area contributed by atoms with Crippen LogP contribution in [0.3, 0.4) is 0 Å². The van der Waals surface area contributed by atoms with Crippen LogP contribution in [0.1, 0.15) is 48.0 Å². The van der Waals surface area contributed by atoms with E-state index in [4.69, 9.17) is 4.65 Å². The topological polar surface area (TPSA) is 113 Å². The molecule has 0 aromatic heterocycles. The minimum absolute atomic E-state index is 0.00630. The van der Waals surface area contributed by atoms with Crippen LogP contribution in [0.4, 0.5) is 0 Å². The molecule has 1 aliphatic heterocycles. The lowest BCUT2D eigenvalue weighted by Crippen LogP contribution is -2.53. The number of aromatic carboxylic acids is 1. The first-order valence-electron chi connectivity index (χ1n) is 8.45. The van der Waals surface area contributed by atoms with Gasteiger partial charge in [-0.15, -0.1) is 0 Å². The number of rotatable bonds is 4. The molecule has 0 radical (unpaired) electrons. The Labute approximate surface area is 145 Å². The average molecular weight is 345 g/mol. The van der Waals surface area contributed by atoms with Gasteiger partial charge in [0.1, 0.15) is 11.5 Å². The quantitative estimate of drug-likeness (QED) is 0.701. The molecule has 25 heavy (non-hydrogen) atoms. The van der Waals surface area contributed by atoms with Crippen LogP contribution >= 0.6 is 0 Å². The first-order chi connectivity index (χ1) is 11.9. The predicted molar refractivity (Wildman–Crippen MR) is 89.2 cm³/mol. The Morgan fingerprint density at radius 3 is 2.68 bits per heavy atom. The molecule has 1 fully saturated rings. The molecule has 2 aliphatic rings. The van der Waals surface area contributed by atoms with Crippen LogP contribution in [0, 0.1) is 5.92 Å². The summed E-state index contributed by atoms with van der Waals surface area (Å²) in [5, 5.41) is 22.1. The van der Waals surface area contributed by atoms with Gasteiger partial charge in [0.15, 0.2) is 0 Å². The maximum atomic E-state index is 12.2. The van der Waals surface area contributed by atoms with Crippen molar-refractivity contribution in [3.05, 3.63) is 29.3 Å². The van der Waals surface area contributed by atoms with E-state index < -0.39 is 19.0 Å². The summed E-state index contributed by atoms with van der Waals surface area (Å²) in [5.74, 6) is -1.36. The summed E-state index contributed by atoms with van der Waals surface area (Å²) < 4.78 is 5.36. The number of amides is 1. The Bertz CT molecular complexity index is 696. The van der Waals surface area contributed by atoms with E-state index in [1.807, 2.05) is 0 Å². The molecule has 1 aliphatic carbocycles. The zero-order chi connectivity index (χ0) is 18.0. The molecule has 0 bridgehead atoms. The number of Topliss-reactive ketones (excluding diaryl/α,β-unsaturated/α-hetero) is 1. The van der Waals surface area contributed by atoms with Gasteiger partial charge in [-0.25, -0.2) is 4.79 Å². The number of hydrogen-bond acceptors (Lipinski definition) is 5. The van der Waals surface area contributed by atoms with Crippen molar-refractivity contribution in [2.75, 3.05) is 0 Å². The third kappa shape index (κ3) is 4.01. The Morgan fingerprint density at radius 2 is 2.00 bits per heavy atom. The van der Waals surface area contributed by atoms with Gasteiger partial charge >= 0.3 is 13.1 Å². The second-order valence-corrected chi connectivity index (χ2v) is 6.67. The number of fused-ring (bicyclic) bond motifs is 1. The van der Waals surface area contributed by atoms with E-state index in [1.165, 1.54) is 6.07 Å². The van der Waals surface area contributed by atoms with E-state index in [1.54, 1.807) is 12.1 Å². The molecular formula is C17H20BNO6. The van der Waals surface area contributed by atoms with Crippen LogP contribution in [0.2, 0.25) is 0 Å². The van der Waals surface area contributed by atoms with E-state index in [9.17, 15) is 24.5 Å². The lowest BCUT2D eigenvalue weighted by Gasteiger charge is -2.29. The van der Waals surface area contributed by atoms with E-state index in [0.717, 1.165) is 12.8 Å². The molecule has 1 heterocycles. The number of carboxylic acid groups (broad SMARTS) is 1. The summed E-state index contributed by atoms with van der Waals surface area (Å²) in [4.78, 5) is 34.7. The van der Waals surface area contributed by atoms with Gasteiger partial charge in [0.05, 0.1) is 11.5 Å². The molecular weight excluding hydrogens is 325 g/mol. The zero-order valence-electron chi connectivity index (χ0n) is 13.7. The van der Waals surface area contributed by atoms with Crippen molar-refractivity contribution in [2.45, 2.75) is 44.5 Å². The standard InChI is InChI=1S/C17H20BNO6/c20-12-6-4-10(5-7-12)8-15(21)19-14-9-11-2-1-3-13(17(22)23)16(11)25-18(14)24/h1-3,10,14,24H,4-9H2,(H,19,21)(H,22,23)/t14-/m0/s1. The lowest BCUT2D eigenvalue weighted by atomic mass is 9.72. The maximum absolute atomic E-state index is 12.2. The lowest BCUT2D eigenvalue weighted by molar-refractivity contribution is -0.125. The molecule has 0 saturated heterocycles. The Balaban J connectivity index is 1.62. The first kappa shape index (κ1) is 17.5. The number of carboxylic acids is 1. The van der Waals surface area contributed by atoms with Crippen molar-refractivity contribution in [3.8, 4) is 5.75 Å². The highest BCUT2D eigenvalue weighted by Gasteiger charge is 2.38. The van der Waals surface area contributed by atoms with Crippen molar-refractivity contribution in [3.63, 3.8) is 0 Å². The van der Waals surface area contributed by atoms with Crippen molar-refractivity contribution in [1.29, 1.82) is 0 Å². The van der Waals surface area contributed by atoms with E-state index in [-0.39, 0.29) is 28.9 Å². The summed E-state index contributed by atoms with van der Waals surface area (Å²) in [6.07, 6.45) is 3.11. The highest BCUT2D eigenvalue weighted by Crippen LogP contribution is 2.30. The highest BCUT2D eigenvalue weighted by atomic mass is 16.5. The highest BCUT2D eigenvalue weighted by molar-refractivity contribution is 6.47. The molecule has 8 heteroatoms. The van der Waals surface area contributed by atoms with Gasteiger partial charge in [0.25, 0.3) is 0 Å². The van der Waals surface area contributed by atoms with Crippen LogP contribution < -0.4 is 9.97 Å². The molecule has 1 amide bonds. The summed E-state index contributed by atoms with van der Waals surface area (Å²) >= 11 is 0. The minimum atomic E-state index is -1.30. The molecule has 3 rings (SSSR count). The normalized spacial score (nSPS) is 20.6. The molecule has 0 unspecified atom stereocenters. The van der Waals surface area contributed by atoms with Crippen LogP contribution in [0.25, 0.3) is 0 Å². The first-order valence-corrected chi connectivity index (χ1v) is 8.45. The number of carbonyl (C=O) groups is 3. The van der Waals surface area contributed by atoms with Gasteiger partial charge in [-0.2, -0.15) is 0 Å². The smallest absolute Gasteiger partial charge is 0.534 e. The largest absolute Gasteiger partial charge is 0.547 e. The van der Waals surface area contributed by atoms with E-state index in [2.05, 4.69) is 5.32 Å². The number of benzene rings is 1. The maximum Gasteiger partial charge on any atom is 0.547 e. The summed E-state index contributed by atoms with van der Waals surface area (Å²) in [5.41, 5.74) is 0.631. The van der Waals surface area contributed by atoms with Crippen LogP contribution in [0.5, 0.6) is 5.75 Å². The summed E-state index contributed by atoms with van der Waals surface area (Å²) in [6, 6.07) is 4.75. The third-order valence-electron chi connectivity index (χ3n) is 4.83. The van der Waals surface area contributed by atoms with Crippen LogP contribution in [-0.4, -0.2) is 40.8 Å². The van der Waals surface area contributed by atoms with Crippen LogP contribution in [0.15, 0.2) is 18.2 Å². The SMILES string of the molecule is O=C1CCC(CC(=O)N[C@H]2Cc3cccc(C(=O)O)c3OB2O)CC1. The van der Waals surface area contributed by atoms with Crippen molar-refractivity contribution >= 4 is 24.8 Å². The van der Waals surface area contributed by atoms with Gasteiger partial charge < -0.3 is 20.1 Å². The minimum Gasteiger partial charge on any atom is -0.534 e. The molecule has 0 spiro atoms. The van der Waals surface area contributed by atoms with E-state index >= 15 is 0 Å². The van der Waals surface area contributed by atoms with Gasteiger partial charge in [0, 0.05) is 19.3 Å². The second-order valence-electron chi connectivity index (χ2n) is 6.67. The molecule has 1 saturated carbocycles. The number of carbonyl (C=O) groups excluding carboxylic acids is 2. The number of ketones is 1. The molecule has 3 N–H and O–H groups in total. The predicted octanol–water partition coefficient (Wildman–Crippen LogP) is 0.974. The molecule has 1 aromatic rings. The molecule has 1 aromatic carbocycles. The molecule has 7 nitrogen and oxygen atoms in total. The Morgan fingerprint density at radius 1 is 1.28 bits per heavy atom. The molecule has 1 atom stereocenters. The Hall–Kier alpha value is -2.35. The second kappa shape index (κ2) is 7.27. The molecule has 132 valence electrons.